The van der Waals surface area contributed by atoms with Gasteiger partial charge in [-0.2, -0.15) is 0 Å². The molecule has 0 bridgehead atoms. The first-order valence-corrected chi connectivity index (χ1v) is 6.71. The second-order valence-corrected chi connectivity index (χ2v) is 5.18. The highest BCUT2D eigenvalue weighted by Gasteiger charge is 2.27. The van der Waals surface area contributed by atoms with E-state index in [1.165, 1.54) is 5.56 Å². The smallest absolute Gasteiger partial charge is 0.228 e. The second kappa shape index (κ2) is 6.06. The van der Waals surface area contributed by atoms with Gasteiger partial charge in [0.2, 0.25) is 5.91 Å². The Bertz CT molecular complexity index is 455. The van der Waals surface area contributed by atoms with Gasteiger partial charge in [0.25, 0.3) is 0 Å². The highest BCUT2D eigenvalue weighted by molar-refractivity contribution is 5.79. The minimum absolute atomic E-state index is 0.171. The second-order valence-electron chi connectivity index (χ2n) is 5.18. The molecule has 0 radical (unpaired) electrons. The van der Waals surface area contributed by atoms with Gasteiger partial charge in [0.15, 0.2) is 0 Å². The number of nitrogens with zero attached hydrogens (tertiary/aromatic N) is 1. The van der Waals surface area contributed by atoms with Crippen LogP contribution in [0.1, 0.15) is 11.1 Å². The van der Waals surface area contributed by atoms with Crippen LogP contribution in [-0.2, 0) is 11.2 Å². The van der Waals surface area contributed by atoms with E-state index < -0.39 is 0 Å². The van der Waals surface area contributed by atoms with Crippen molar-refractivity contribution >= 4 is 5.91 Å². The summed E-state index contributed by atoms with van der Waals surface area (Å²) in [4.78, 5) is 13.8. The number of likely N-dealkylation sites (N-methyl/N-ethyl adjacent to an activating group) is 1. The quantitative estimate of drug-likeness (QED) is 0.867. The van der Waals surface area contributed by atoms with Crippen molar-refractivity contribution in [1.82, 2.24) is 10.2 Å². The Hall–Kier alpha value is -1.55. The van der Waals surface area contributed by atoms with E-state index in [0.717, 1.165) is 37.4 Å². The van der Waals surface area contributed by atoms with Crippen molar-refractivity contribution in [2.75, 3.05) is 33.8 Å². The molecule has 0 spiro atoms. The molecule has 1 amide bonds. The molecule has 4 heteroatoms. The van der Waals surface area contributed by atoms with Crippen LogP contribution in [0.3, 0.4) is 0 Å². The van der Waals surface area contributed by atoms with Gasteiger partial charge in [-0.15, -0.1) is 0 Å². The molecule has 1 saturated heterocycles. The standard InChI is InChI=1S/C15H22N2O2/c1-11-4-5-14(19-3)12(8-11)6-7-17(2)15(18)13-9-16-10-13/h4-5,8,13,16H,6-7,9-10H2,1-3H3. The molecule has 1 aromatic rings. The molecule has 19 heavy (non-hydrogen) atoms. The lowest BCUT2D eigenvalue weighted by Gasteiger charge is -2.30. The fourth-order valence-corrected chi connectivity index (χ4v) is 2.28. The van der Waals surface area contributed by atoms with Crippen LogP contribution in [0.4, 0.5) is 0 Å². The molecule has 1 heterocycles. The first-order valence-electron chi connectivity index (χ1n) is 6.71. The summed E-state index contributed by atoms with van der Waals surface area (Å²) in [6.45, 7) is 4.43. The maximum Gasteiger partial charge on any atom is 0.228 e. The highest BCUT2D eigenvalue weighted by Crippen LogP contribution is 2.20. The van der Waals surface area contributed by atoms with Crippen molar-refractivity contribution in [3.8, 4) is 5.75 Å². The number of carbonyl (C=O) groups excluding carboxylic acids is 1. The molecule has 4 nitrogen and oxygen atoms in total. The molecule has 0 saturated carbocycles. The SMILES string of the molecule is COc1ccc(C)cc1CCN(C)C(=O)C1CNC1. The predicted octanol–water partition coefficient (Wildman–Crippen LogP) is 1.22. The van der Waals surface area contributed by atoms with E-state index in [9.17, 15) is 4.79 Å². The molecule has 0 unspecified atom stereocenters. The molecule has 0 aromatic heterocycles. The van der Waals surface area contributed by atoms with Gasteiger partial charge in [0.05, 0.1) is 13.0 Å². The van der Waals surface area contributed by atoms with Crippen LogP contribution in [0, 0.1) is 12.8 Å². The molecule has 0 atom stereocenters. The Labute approximate surface area is 114 Å². The number of nitrogens with one attached hydrogen (secondary N) is 1. The Morgan fingerprint density at radius 1 is 1.47 bits per heavy atom. The van der Waals surface area contributed by atoms with E-state index in [1.807, 2.05) is 24.1 Å². The monoisotopic (exact) mass is 262 g/mol. The van der Waals surface area contributed by atoms with Gasteiger partial charge in [-0.25, -0.2) is 0 Å². The molecule has 0 aliphatic carbocycles. The lowest BCUT2D eigenvalue weighted by atomic mass is 10.0. The molecule has 1 fully saturated rings. The summed E-state index contributed by atoms with van der Waals surface area (Å²) in [5, 5.41) is 3.13. The number of ether oxygens (including phenoxy) is 1. The molecule has 104 valence electrons. The summed E-state index contributed by atoms with van der Waals surface area (Å²) in [6.07, 6.45) is 0.827. The van der Waals surface area contributed by atoms with E-state index in [0.29, 0.717) is 0 Å². The number of hydrogen-bond acceptors (Lipinski definition) is 3. The van der Waals surface area contributed by atoms with E-state index in [-0.39, 0.29) is 11.8 Å². The van der Waals surface area contributed by atoms with E-state index in [4.69, 9.17) is 4.74 Å². The van der Waals surface area contributed by atoms with Gasteiger partial charge in [-0.05, 0) is 25.0 Å². The van der Waals surface area contributed by atoms with Crippen LogP contribution < -0.4 is 10.1 Å². The Balaban J connectivity index is 1.94. The van der Waals surface area contributed by atoms with Crippen molar-refractivity contribution in [3.63, 3.8) is 0 Å². The number of benzene rings is 1. The average molecular weight is 262 g/mol. The maximum absolute atomic E-state index is 12.0. The highest BCUT2D eigenvalue weighted by atomic mass is 16.5. The van der Waals surface area contributed by atoms with Gasteiger partial charge in [0.1, 0.15) is 5.75 Å². The van der Waals surface area contributed by atoms with Crippen molar-refractivity contribution in [1.29, 1.82) is 0 Å². The number of aryl methyl sites for hydroxylation is 1. The number of carbonyl (C=O) groups is 1. The zero-order valence-corrected chi connectivity index (χ0v) is 11.9. The number of amides is 1. The van der Waals surface area contributed by atoms with Crippen LogP contribution in [0.15, 0.2) is 18.2 Å². The van der Waals surface area contributed by atoms with Crippen LogP contribution in [-0.4, -0.2) is 44.6 Å². The number of methoxy groups -OCH3 is 1. The van der Waals surface area contributed by atoms with Gasteiger partial charge < -0.3 is 15.0 Å². The van der Waals surface area contributed by atoms with E-state index in [2.05, 4.69) is 18.3 Å². The summed E-state index contributed by atoms with van der Waals surface area (Å²) in [6, 6.07) is 6.15. The summed E-state index contributed by atoms with van der Waals surface area (Å²) >= 11 is 0. The largest absolute Gasteiger partial charge is 0.496 e. The van der Waals surface area contributed by atoms with Crippen molar-refractivity contribution < 1.29 is 9.53 Å². The molecule has 1 aromatic carbocycles. The van der Waals surface area contributed by atoms with Gasteiger partial charge in [-0.3, -0.25) is 4.79 Å². The first kappa shape index (κ1) is 13.9. The van der Waals surface area contributed by atoms with Crippen LogP contribution in [0.2, 0.25) is 0 Å². The number of rotatable bonds is 5. The normalized spacial score (nSPS) is 14.9. The van der Waals surface area contributed by atoms with Gasteiger partial charge >= 0.3 is 0 Å². The third kappa shape index (κ3) is 3.26. The zero-order valence-electron chi connectivity index (χ0n) is 11.9. The van der Waals surface area contributed by atoms with Crippen molar-refractivity contribution in [2.45, 2.75) is 13.3 Å². The minimum atomic E-state index is 0.171. The molecular formula is C15H22N2O2. The molecule has 1 N–H and O–H groups in total. The average Bonchev–Trinajstić information content (AvgIpc) is 2.34. The summed E-state index contributed by atoms with van der Waals surface area (Å²) in [5.74, 6) is 1.31. The molecule has 2 rings (SSSR count). The minimum Gasteiger partial charge on any atom is -0.496 e. The lowest BCUT2D eigenvalue weighted by molar-refractivity contribution is -0.135. The Morgan fingerprint density at radius 3 is 2.79 bits per heavy atom. The molecule has 1 aliphatic rings. The fourth-order valence-electron chi connectivity index (χ4n) is 2.28. The van der Waals surface area contributed by atoms with E-state index in [1.54, 1.807) is 7.11 Å². The summed E-state index contributed by atoms with van der Waals surface area (Å²) in [5.41, 5.74) is 2.38. The lowest BCUT2D eigenvalue weighted by Crippen LogP contribution is -2.51. The van der Waals surface area contributed by atoms with Crippen LogP contribution >= 0.6 is 0 Å². The topological polar surface area (TPSA) is 41.6 Å². The first-order chi connectivity index (χ1) is 9.11. The Kier molecular flexibility index (Phi) is 4.43. The predicted molar refractivity (Wildman–Crippen MR) is 75.4 cm³/mol. The van der Waals surface area contributed by atoms with Gasteiger partial charge in [-0.1, -0.05) is 17.7 Å². The Morgan fingerprint density at radius 2 is 2.21 bits per heavy atom. The fraction of sp³-hybridized carbons (Fsp3) is 0.533. The maximum atomic E-state index is 12.0. The van der Waals surface area contributed by atoms with E-state index >= 15 is 0 Å². The molecular weight excluding hydrogens is 240 g/mol. The summed E-state index contributed by atoms with van der Waals surface area (Å²) in [7, 11) is 3.56. The third-order valence-corrected chi connectivity index (χ3v) is 3.66. The van der Waals surface area contributed by atoms with Crippen LogP contribution in [0.5, 0.6) is 5.75 Å². The van der Waals surface area contributed by atoms with Crippen molar-refractivity contribution in [2.24, 2.45) is 5.92 Å². The van der Waals surface area contributed by atoms with Gasteiger partial charge in [0, 0.05) is 26.7 Å². The third-order valence-electron chi connectivity index (χ3n) is 3.66. The van der Waals surface area contributed by atoms with Crippen molar-refractivity contribution in [3.05, 3.63) is 29.3 Å². The zero-order chi connectivity index (χ0) is 13.8. The summed E-state index contributed by atoms with van der Waals surface area (Å²) < 4.78 is 5.36. The van der Waals surface area contributed by atoms with Crippen LogP contribution in [0.25, 0.3) is 0 Å². The molecule has 1 aliphatic heterocycles. The number of hydrogen-bond donors (Lipinski definition) is 1.